The van der Waals surface area contributed by atoms with Crippen LogP contribution in [0.5, 0.6) is 0 Å². The largest absolute Gasteiger partial charge is 0.388 e. The highest BCUT2D eigenvalue weighted by Gasteiger charge is 2.09. The Hall–Kier alpha value is -1.67. The molecule has 0 aliphatic heterocycles. The molecule has 2 aromatic rings. The van der Waals surface area contributed by atoms with E-state index in [1.165, 1.54) is 6.07 Å². The van der Waals surface area contributed by atoms with Gasteiger partial charge in [-0.15, -0.1) is 0 Å². The summed E-state index contributed by atoms with van der Waals surface area (Å²) in [4.78, 5) is 0. The zero-order valence-corrected chi connectivity index (χ0v) is 10.4. The zero-order valence-electron chi connectivity index (χ0n) is 10.4. The molecule has 1 atom stereocenters. The highest BCUT2D eigenvalue weighted by molar-refractivity contribution is 5.25. The van der Waals surface area contributed by atoms with Gasteiger partial charge in [0.25, 0.3) is 0 Å². The van der Waals surface area contributed by atoms with Gasteiger partial charge in [0.05, 0.1) is 6.10 Å². The van der Waals surface area contributed by atoms with Crippen molar-refractivity contribution < 1.29 is 9.50 Å². The van der Waals surface area contributed by atoms with Crippen LogP contribution in [0.15, 0.2) is 48.5 Å². The van der Waals surface area contributed by atoms with E-state index < -0.39 is 6.10 Å². The van der Waals surface area contributed by atoms with Gasteiger partial charge in [0, 0.05) is 0 Å². The minimum Gasteiger partial charge on any atom is -0.388 e. The van der Waals surface area contributed by atoms with Gasteiger partial charge in [-0.25, -0.2) is 4.39 Å². The molecule has 0 saturated heterocycles. The van der Waals surface area contributed by atoms with Crippen molar-refractivity contribution in [3.63, 3.8) is 0 Å². The first-order valence-corrected chi connectivity index (χ1v) is 6.15. The van der Waals surface area contributed by atoms with Crippen molar-refractivity contribution in [1.82, 2.24) is 0 Å². The average molecular weight is 244 g/mol. The predicted octanol–water partition coefficient (Wildman–Crippen LogP) is 3.80. The number of aliphatic hydroxyl groups is 1. The van der Waals surface area contributed by atoms with Crippen LogP contribution in [0, 0.1) is 12.7 Å². The monoisotopic (exact) mass is 244 g/mol. The van der Waals surface area contributed by atoms with Crippen molar-refractivity contribution in [3.8, 4) is 0 Å². The maximum absolute atomic E-state index is 13.5. The lowest BCUT2D eigenvalue weighted by molar-refractivity contribution is 0.167. The Balaban J connectivity index is 2.01. The Kier molecular flexibility index (Phi) is 4.11. The van der Waals surface area contributed by atoms with Crippen molar-refractivity contribution in [2.75, 3.05) is 0 Å². The average Bonchev–Trinajstić information content (AvgIpc) is 2.40. The molecule has 94 valence electrons. The molecule has 1 unspecified atom stereocenters. The molecule has 0 amide bonds. The third kappa shape index (κ3) is 3.17. The van der Waals surface area contributed by atoms with Crippen LogP contribution < -0.4 is 0 Å². The van der Waals surface area contributed by atoms with Gasteiger partial charge < -0.3 is 5.11 Å². The van der Waals surface area contributed by atoms with E-state index in [1.807, 2.05) is 43.3 Å². The summed E-state index contributed by atoms with van der Waals surface area (Å²) in [5.41, 5.74) is 2.59. The third-order valence-electron chi connectivity index (χ3n) is 3.07. The van der Waals surface area contributed by atoms with Crippen molar-refractivity contribution in [1.29, 1.82) is 0 Å². The summed E-state index contributed by atoms with van der Waals surface area (Å²) < 4.78 is 13.5. The molecule has 1 nitrogen and oxygen atoms in total. The first-order chi connectivity index (χ1) is 8.66. The molecule has 2 heteroatoms. The van der Waals surface area contributed by atoms with Gasteiger partial charge in [-0.3, -0.25) is 0 Å². The molecule has 0 bridgehead atoms. The summed E-state index contributed by atoms with van der Waals surface area (Å²) in [6.07, 6.45) is 0.541. The minimum atomic E-state index is -0.536. The summed E-state index contributed by atoms with van der Waals surface area (Å²) in [7, 11) is 0. The summed E-state index contributed by atoms with van der Waals surface area (Å²) in [5, 5.41) is 10.0. The Morgan fingerprint density at radius 2 is 1.83 bits per heavy atom. The van der Waals surface area contributed by atoms with Gasteiger partial charge in [0.2, 0.25) is 0 Å². The van der Waals surface area contributed by atoms with Crippen LogP contribution in [0.4, 0.5) is 4.39 Å². The molecule has 0 aliphatic carbocycles. The number of rotatable bonds is 4. The smallest absolute Gasteiger partial charge is 0.126 e. The molecule has 0 spiro atoms. The van der Waals surface area contributed by atoms with Crippen LogP contribution in [-0.2, 0) is 6.42 Å². The van der Waals surface area contributed by atoms with Crippen LogP contribution in [0.3, 0.4) is 0 Å². The SMILES string of the molecule is Cc1ccc(F)c(CCC(O)c2ccccc2)c1. The molecular weight excluding hydrogens is 227 g/mol. The standard InChI is InChI=1S/C16H17FO/c1-12-7-9-15(17)14(11-12)8-10-16(18)13-5-3-2-4-6-13/h2-7,9,11,16,18H,8,10H2,1H3. The molecule has 0 heterocycles. The number of aryl methyl sites for hydroxylation is 2. The van der Waals surface area contributed by atoms with Crippen LogP contribution in [0.25, 0.3) is 0 Å². The number of halogens is 1. The highest BCUT2D eigenvalue weighted by atomic mass is 19.1. The third-order valence-corrected chi connectivity index (χ3v) is 3.07. The summed E-state index contributed by atoms with van der Waals surface area (Å²) in [5.74, 6) is -0.194. The van der Waals surface area contributed by atoms with E-state index in [-0.39, 0.29) is 5.82 Å². The van der Waals surface area contributed by atoms with Gasteiger partial charge in [-0.05, 0) is 37.0 Å². The van der Waals surface area contributed by atoms with Crippen molar-refractivity contribution >= 4 is 0 Å². The van der Waals surface area contributed by atoms with E-state index >= 15 is 0 Å². The molecular formula is C16H17FO. The predicted molar refractivity (Wildman–Crippen MR) is 70.9 cm³/mol. The van der Waals surface area contributed by atoms with E-state index in [0.717, 1.165) is 11.1 Å². The molecule has 0 aliphatic rings. The molecule has 0 aromatic heterocycles. The van der Waals surface area contributed by atoms with E-state index in [1.54, 1.807) is 6.07 Å². The van der Waals surface area contributed by atoms with Gasteiger partial charge in [0.15, 0.2) is 0 Å². The van der Waals surface area contributed by atoms with Gasteiger partial charge >= 0.3 is 0 Å². The van der Waals surface area contributed by atoms with Crippen LogP contribution in [0.2, 0.25) is 0 Å². The van der Waals surface area contributed by atoms with Crippen LogP contribution >= 0.6 is 0 Å². The number of benzene rings is 2. The maximum atomic E-state index is 13.5. The normalized spacial score (nSPS) is 12.4. The van der Waals surface area contributed by atoms with Crippen molar-refractivity contribution in [2.45, 2.75) is 25.9 Å². The Morgan fingerprint density at radius 1 is 1.11 bits per heavy atom. The second-order valence-corrected chi connectivity index (χ2v) is 4.56. The number of hydrogen-bond donors (Lipinski definition) is 1. The molecule has 1 N–H and O–H groups in total. The molecule has 0 fully saturated rings. The van der Waals surface area contributed by atoms with Crippen molar-refractivity contribution in [2.24, 2.45) is 0 Å². The second-order valence-electron chi connectivity index (χ2n) is 4.56. The van der Waals surface area contributed by atoms with E-state index in [2.05, 4.69) is 0 Å². The highest BCUT2D eigenvalue weighted by Crippen LogP contribution is 2.20. The Morgan fingerprint density at radius 3 is 2.56 bits per heavy atom. The molecule has 0 radical (unpaired) electrons. The molecule has 2 aromatic carbocycles. The topological polar surface area (TPSA) is 20.2 Å². The lowest BCUT2D eigenvalue weighted by Gasteiger charge is -2.11. The fourth-order valence-electron chi connectivity index (χ4n) is 2.03. The first-order valence-electron chi connectivity index (χ1n) is 6.15. The van der Waals surface area contributed by atoms with E-state index in [4.69, 9.17) is 0 Å². The fourth-order valence-corrected chi connectivity index (χ4v) is 2.03. The van der Waals surface area contributed by atoms with Gasteiger partial charge in [-0.2, -0.15) is 0 Å². The van der Waals surface area contributed by atoms with E-state index in [0.29, 0.717) is 18.4 Å². The molecule has 2 rings (SSSR count). The Labute approximate surface area is 107 Å². The number of hydrogen-bond acceptors (Lipinski definition) is 1. The van der Waals surface area contributed by atoms with Crippen molar-refractivity contribution in [3.05, 3.63) is 71.0 Å². The fraction of sp³-hybridized carbons (Fsp3) is 0.250. The maximum Gasteiger partial charge on any atom is 0.126 e. The van der Waals surface area contributed by atoms with E-state index in [9.17, 15) is 9.50 Å². The number of aliphatic hydroxyl groups excluding tert-OH is 1. The summed E-state index contributed by atoms with van der Waals surface area (Å²) >= 11 is 0. The summed E-state index contributed by atoms with van der Waals surface area (Å²) in [6, 6.07) is 14.6. The lowest BCUT2D eigenvalue weighted by Crippen LogP contribution is -2.01. The Bertz CT molecular complexity index is 508. The minimum absolute atomic E-state index is 0.194. The quantitative estimate of drug-likeness (QED) is 0.867. The van der Waals surface area contributed by atoms with Gasteiger partial charge in [0.1, 0.15) is 5.82 Å². The lowest BCUT2D eigenvalue weighted by atomic mass is 10.00. The zero-order chi connectivity index (χ0) is 13.0. The second kappa shape index (κ2) is 5.78. The summed E-state index contributed by atoms with van der Waals surface area (Å²) in [6.45, 7) is 1.94. The molecule has 0 saturated carbocycles. The van der Waals surface area contributed by atoms with Gasteiger partial charge in [-0.1, -0.05) is 48.0 Å². The van der Waals surface area contributed by atoms with Crippen LogP contribution in [0.1, 0.15) is 29.2 Å². The first kappa shape index (κ1) is 12.8. The molecule has 18 heavy (non-hydrogen) atoms. The van der Waals surface area contributed by atoms with Crippen LogP contribution in [-0.4, -0.2) is 5.11 Å².